The first-order valence-corrected chi connectivity index (χ1v) is 11.0. The van der Waals surface area contributed by atoms with Crippen LogP contribution in [0.25, 0.3) is 0 Å². The Morgan fingerprint density at radius 2 is 2.15 bits per heavy atom. The lowest BCUT2D eigenvalue weighted by molar-refractivity contribution is -0.121. The minimum absolute atomic E-state index is 0.0178. The van der Waals surface area contributed by atoms with Crippen LogP contribution in [0.5, 0.6) is 0 Å². The molecule has 0 spiro atoms. The molecule has 1 aliphatic rings. The summed E-state index contributed by atoms with van der Waals surface area (Å²) in [6, 6.07) is 4.74. The molecule has 1 aromatic heterocycles. The van der Waals surface area contributed by atoms with Crippen molar-refractivity contribution in [2.45, 2.75) is 42.8 Å². The lowest BCUT2D eigenvalue weighted by atomic mass is 9.95. The van der Waals surface area contributed by atoms with Gasteiger partial charge in [0, 0.05) is 28.3 Å². The van der Waals surface area contributed by atoms with E-state index in [0.29, 0.717) is 27.5 Å². The fourth-order valence-corrected chi connectivity index (χ4v) is 5.18. The highest BCUT2D eigenvalue weighted by molar-refractivity contribution is 8.01. The maximum Gasteiger partial charge on any atom is 0.229 e. The van der Waals surface area contributed by atoms with Crippen molar-refractivity contribution in [2.75, 3.05) is 18.4 Å². The molecule has 1 N–H and O–H groups in total. The molecule has 0 aliphatic carbocycles. The van der Waals surface area contributed by atoms with Crippen LogP contribution in [-0.2, 0) is 11.3 Å². The van der Waals surface area contributed by atoms with E-state index in [4.69, 9.17) is 11.6 Å². The number of nitrogens with zero attached hydrogens (tertiary/aromatic N) is 3. The molecule has 3 rings (SSSR count). The lowest BCUT2D eigenvalue weighted by Crippen LogP contribution is -2.38. The van der Waals surface area contributed by atoms with Crippen LogP contribution < -0.4 is 5.32 Å². The lowest BCUT2D eigenvalue weighted by Gasteiger charge is -2.31. The number of piperidine rings is 1. The molecule has 0 saturated carbocycles. The van der Waals surface area contributed by atoms with Gasteiger partial charge in [-0.05, 0) is 38.1 Å². The average Bonchev–Trinajstić information content (AvgIpc) is 3.05. The Balaban J connectivity index is 1.50. The number of rotatable bonds is 6. The van der Waals surface area contributed by atoms with E-state index in [1.165, 1.54) is 17.4 Å². The summed E-state index contributed by atoms with van der Waals surface area (Å²) in [5.74, 6) is -0.369. The zero-order valence-corrected chi connectivity index (χ0v) is 17.6. The molecule has 1 aliphatic heterocycles. The summed E-state index contributed by atoms with van der Waals surface area (Å²) in [4.78, 5) is 14.6. The second-order valence-electron chi connectivity index (χ2n) is 6.78. The highest BCUT2D eigenvalue weighted by Gasteiger charge is 2.26. The van der Waals surface area contributed by atoms with Gasteiger partial charge in [0.15, 0.2) is 4.34 Å². The zero-order valence-electron chi connectivity index (χ0n) is 15.2. The number of anilines is 1. The van der Waals surface area contributed by atoms with Crippen molar-refractivity contribution >= 4 is 45.7 Å². The van der Waals surface area contributed by atoms with Gasteiger partial charge < -0.3 is 5.32 Å². The van der Waals surface area contributed by atoms with Gasteiger partial charge in [-0.25, -0.2) is 4.39 Å². The van der Waals surface area contributed by atoms with Crippen molar-refractivity contribution in [1.82, 2.24) is 15.1 Å². The summed E-state index contributed by atoms with van der Waals surface area (Å²) in [5, 5.41) is 12.4. The van der Waals surface area contributed by atoms with E-state index in [1.807, 2.05) is 0 Å². The summed E-state index contributed by atoms with van der Waals surface area (Å²) in [5.41, 5.74) is 0.520. The predicted octanol–water partition coefficient (Wildman–Crippen LogP) is 4.68. The smallest absolute Gasteiger partial charge is 0.229 e. The van der Waals surface area contributed by atoms with Gasteiger partial charge in [0.05, 0.1) is 0 Å². The molecule has 0 radical (unpaired) electrons. The molecule has 1 saturated heterocycles. The van der Waals surface area contributed by atoms with Gasteiger partial charge in [-0.1, -0.05) is 54.6 Å². The molecule has 146 valence electrons. The van der Waals surface area contributed by atoms with Crippen LogP contribution in [0.1, 0.15) is 32.3 Å². The number of amides is 1. The van der Waals surface area contributed by atoms with Gasteiger partial charge in [0.1, 0.15) is 5.82 Å². The van der Waals surface area contributed by atoms with Crippen LogP contribution in [0, 0.1) is 11.7 Å². The fourth-order valence-electron chi connectivity index (χ4n) is 2.98. The number of hydrogen-bond acceptors (Lipinski definition) is 6. The molecule has 0 atom stereocenters. The van der Waals surface area contributed by atoms with Crippen molar-refractivity contribution in [2.24, 2.45) is 5.92 Å². The molecular formula is C18H22ClFN4OS2. The first kappa shape index (κ1) is 20.5. The zero-order chi connectivity index (χ0) is 19.4. The number of halogens is 2. The van der Waals surface area contributed by atoms with Crippen molar-refractivity contribution in [3.8, 4) is 0 Å². The normalized spacial score (nSPS) is 16.0. The monoisotopic (exact) mass is 428 g/mol. The Labute approximate surface area is 171 Å². The molecule has 2 heterocycles. The molecule has 1 amide bonds. The topological polar surface area (TPSA) is 58.1 Å². The van der Waals surface area contributed by atoms with E-state index in [2.05, 4.69) is 34.3 Å². The highest BCUT2D eigenvalue weighted by Crippen LogP contribution is 2.29. The van der Waals surface area contributed by atoms with Crippen molar-refractivity contribution in [3.05, 3.63) is 34.6 Å². The minimum Gasteiger partial charge on any atom is -0.300 e. The van der Waals surface area contributed by atoms with Gasteiger partial charge in [-0.15, -0.1) is 10.2 Å². The molecule has 0 bridgehead atoms. The van der Waals surface area contributed by atoms with E-state index in [1.54, 1.807) is 23.9 Å². The number of likely N-dealkylation sites (tertiary alicyclic amines) is 1. The quantitative estimate of drug-likeness (QED) is 0.534. The number of benzene rings is 1. The third-order valence-corrected chi connectivity index (χ3v) is 6.66. The molecular weight excluding hydrogens is 407 g/mol. The van der Waals surface area contributed by atoms with E-state index >= 15 is 0 Å². The van der Waals surface area contributed by atoms with Gasteiger partial charge in [-0.2, -0.15) is 0 Å². The molecule has 1 aromatic carbocycles. The molecule has 27 heavy (non-hydrogen) atoms. The maximum absolute atomic E-state index is 13.9. The maximum atomic E-state index is 13.9. The van der Waals surface area contributed by atoms with Crippen LogP contribution in [0.2, 0.25) is 5.02 Å². The van der Waals surface area contributed by atoms with Crippen LogP contribution in [0.3, 0.4) is 0 Å². The summed E-state index contributed by atoms with van der Waals surface area (Å²) < 4.78 is 14.8. The molecule has 0 unspecified atom stereocenters. The number of hydrogen-bond donors (Lipinski definition) is 1. The van der Waals surface area contributed by atoms with Crippen molar-refractivity contribution in [1.29, 1.82) is 0 Å². The molecule has 9 heteroatoms. The first-order chi connectivity index (χ1) is 12.9. The summed E-state index contributed by atoms with van der Waals surface area (Å²) in [6.07, 6.45) is 1.45. The number of thioether (sulfide) groups is 1. The van der Waals surface area contributed by atoms with Crippen molar-refractivity contribution < 1.29 is 9.18 Å². The molecule has 2 aromatic rings. The van der Waals surface area contributed by atoms with Gasteiger partial charge >= 0.3 is 0 Å². The van der Waals surface area contributed by atoms with Crippen LogP contribution in [0.15, 0.2) is 22.5 Å². The van der Waals surface area contributed by atoms with Crippen molar-refractivity contribution in [3.63, 3.8) is 0 Å². The second-order valence-corrected chi connectivity index (χ2v) is 9.99. The van der Waals surface area contributed by atoms with Gasteiger partial charge in [0.25, 0.3) is 0 Å². The van der Waals surface area contributed by atoms with Crippen LogP contribution in [-0.4, -0.2) is 39.3 Å². The third-order valence-electron chi connectivity index (χ3n) is 4.37. The fraction of sp³-hybridized carbons (Fsp3) is 0.500. The molecule has 5 nitrogen and oxygen atoms in total. The van der Waals surface area contributed by atoms with Crippen LogP contribution in [0.4, 0.5) is 9.52 Å². The van der Waals surface area contributed by atoms with E-state index in [9.17, 15) is 9.18 Å². The number of nitrogens with one attached hydrogen (secondary N) is 1. The summed E-state index contributed by atoms with van der Waals surface area (Å²) >= 11 is 9.14. The first-order valence-electron chi connectivity index (χ1n) is 8.88. The number of carbonyl (C=O) groups excluding carboxylic acids is 1. The van der Waals surface area contributed by atoms with E-state index in [0.717, 1.165) is 30.3 Å². The van der Waals surface area contributed by atoms with E-state index in [-0.39, 0.29) is 17.6 Å². The average molecular weight is 429 g/mol. The Bertz CT molecular complexity index is 773. The Morgan fingerprint density at radius 1 is 1.41 bits per heavy atom. The summed E-state index contributed by atoms with van der Waals surface area (Å²) in [6.45, 7) is 6.10. The minimum atomic E-state index is -0.284. The molecule has 1 fully saturated rings. The second kappa shape index (κ2) is 9.32. The van der Waals surface area contributed by atoms with Gasteiger partial charge in [-0.3, -0.25) is 9.69 Å². The van der Waals surface area contributed by atoms with Gasteiger partial charge in [0.2, 0.25) is 11.0 Å². The van der Waals surface area contributed by atoms with E-state index < -0.39 is 0 Å². The third kappa shape index (κ3) is 5.63. The number of carbonyl (C=O) groups is 1. The number of aromatic nitrogens is 2. The summed E-state index contributed by atoms with van der Waals surface area (Å²) in [7, 11) is 0. The highest BCUT2D eigenvalue weighted by atomic mass is 35.5. The Hall–Kier alpha value is -1.22. The largest absolute Gasteiger partial charge is 0.300 e. The standard InChI is InChI=1S/C18H22ClFN4OS2/c1-11(2)26-18-23-22-17(27-18)21-16(25)12-6-8-24(9-7-12)10-13-14(19)4-3-5-15(13)20/h3-5,11-12H,6-10H2,1-2H3,(H,21,22,25). The SMILES string of the molecule is CC(C)Sc1nnc(NC(=O)C2CCN(Cc3c(F)cccc3Cl)CC2)s1. The Kier molecular flexibility index (Phi) is 7.08. The van der Waals surface area contributed by atoms with Crippen LogP contribution >= 0.6 is 34.7 Å². The predicted molar refractivity (Wildman–Crippen MR) is 109 cm³/mol. The Morgan fingerprint density at radius 3 is 2.81 bits per heavy atom.